The summed E-state index contributed by atoms with van der Waals surface area (Å²) in [4.78, 5) is 29.1. The monoisotopic (exact) mass is 364 g/mol. The highest BCUT2D eigenvalue weighted by atomic mass is 35.5. The first kappa shape index (κ1) is 18.0. The maximum atomic E-state index is 13.5. The summed E-state index contributed by atoms with van der Waals surface area (Å²) in [5, 5.41) is 6.26. The first-order chi connectivity index (χ1) is 11.7. The minimum atomic E-state index is -0.426. The van der Waals surface area contributed by atoms with Crippen molar-refractivity contribution in [1.29, 1.82) is 0 Å². The Kier molecular flexibility index (Phi) is 5.20. The molecule has 0 aliphatic carbocycles. The number of nitrogens with one attached hydrogen (secondary N) is 2. The molecule has 0 aromatic heterocycles. The smallest absolute Gasteiger partial charge is 0.317 e. The van der Waals surface area contributed by atoms with Gasteiger partial charge in [-0.25, -0.2) is 4.79 Å². The average Bonchev–Trinajstić information content (AvgIpc) is 3.03. The number of urea groups is 1. The molecule has 3 heterocycles. The summed E-state index contributed by atoms with van der Waals surface area (Å²) in [7, 11) is 0. The Morgan fingerprint density at radius 1 is 1.12 bits per heavy atom. The molecular weight excluding hydrogens is 340 g/mol. The van der Waals surface area contributed by atoms with Gasteiger partial charge in [0.25, 0.3) is 0 Å². The van der Waals surface area contributed by atoms with Crippen LogP contribution < -0.4 is 10.6 Å². The number of carbonyl (C=O) groups is 2. The van der Waals surface area contributed by atoms with Crippen molar-refractivity contribution >= 4 is 24.3 Å². The second kappa shape index (κ2) is 7.22. The van der Waals surface area contributed by atoms with Crippen molar-refractivity contribution < 1.29 is 9.59 Å². The van der Waals surface area contributed by atoms with Crippen molar-refractivity contribution in [2.45, 2.75) is 24.3 Å². The molecule has 25 heavy (non-hydrogen) atoms. The van der Waals surface area contributed by atoms with Crippen LogP contribution in [-0.4, -0.2) is 67.0 Å². The lowest BCUT2D eigenvalue weighted by Gasteiger charge is -2.44. The highest BCUT2D eigenvalue weighted by Crippen LogP contribution is 2.36. The first-order valence-electron chi connectivity index (χ1n) is 8.81. The standard InChI is InChI=1S/C18H24N4O2.ClH/c23-16(21-10-11-22-15(13-21)12-20-17(22)24)18(6-8-19-9-7-18)14-4-2-1-3-5-14;/h1-5,15,19H,6-13H2,(H,20,24);1H. The lowest BCUT2D eigenvalue weighted by Crippen LogP contribution is -2.59. The molecule has 0 radical (unpaired) electrons. The SMILES string of the molecule is Cl.O=C1NCC2CN(C(=O)C3(c4ccccc4)CCNCC3)CCN12. The zero-order valence-electron chi connectivity index (χ0n) is 14.2. The number of hydrogen-bond donors (Lipinski definition) is 2. The molecule has 4 rings (SSSR count). The van der Waals surface area contributed by atoms with Crippen molar-refractivity contribution in [3.05, 3.63) is 35.9 Å². The molecule has 3 fully saturated rings. The Morgan fingerprint density at radius 3 is 2.56 bits per heavy atom. The molecule has 3 saturated heterocycles. The van der Waals surface area contributed by atoms with Crippen LogP contribution in [0, 0.1) is 0 Å². The van der Waals surface area contributed by atoms with Gasteiger partial charge in [-0.3, -0.25) is 4.79 Å². The highest BCUT2D eigenvalue weighted by molar-refractivity contribution is 5.89. The number of piperazine rings is 1. The topological polar surface area (TPSA) is 64.7 Å². The van der Waals surface area contributed by atoms with Crippen molar-refractivity contribution in [2.24, 2.45) is 0 Å². The van der Waals surface area contributed by atoms with Crippen LogP contribution in [0.25, 0.3) is 0 Å². The minimum absolute atomic E-state index is 0. The van der Waals surface area contributed by atoms with E-state index in [0.29, 0.717) is 26.2 Å². The molecule has 2 N–H and O–H groups in total. The Balaban J connectivity index is 0.00000182. The third-order valence-electron chi connectivity index (χ3n) is 5.71. The van der Waals surface area contributed by atoms with E-state index in [1.807, 2.05) is 28.0 Å². The van der Waals surface area contributed by atoms with E-state index in [1.54, 1.807) is 0 Å². The number of halogens is 1. The van der Waals surface area contributed by atoms with Crippen LogP contribution in [0.15, 0.2) is 30.3 Å². The van der Waals surface area contributed by atoms with E-state index < -0.39 is 5.41 Å². The number of fused-ring (bicyclic) bond motifs is 1. The van der Waals surface area contributed by atoms with Gasteiger partial charge in [-0.1, -0.05) is 30.3 Å². The van der Waals surface area contributed by atoms with Crippen LogP contribution in [0.1, 0.15) is 18.4 Å². The molecule has 1 atom stereocenters. The summed E-state index contributed by atoms with van der Waals surface area (Å²) in [6, 6.07) is 10.3. The molecule has 7 heteroatoms. The maximum absolute atomic E-state index is 13.5. The summed E-state index contributed by atoms with van der Waals surface area (Å²) in [5.41, 5.74) is 0.699. The fraction of sp³-hybridized carbons (Fsp3) is 0.556. The van der Waals surface area contributed by atoms with E-state index in [4.69, 9.17) is 0 Å². The van der Waals surface area contributed by atoms with Gasteiger partial charge in [0.05, 0.1) is 11.5 Å². The summed E-state index contributed by atoms with van der Waals surface area (Å²) in [6.07, 6.45) is 1.66. The van der Waals surface area contributed by atoms with Gasteiger partial charge in [0, 0.05) is 26.2 Å². The zero-order valence-corrected chi connectivity index (χ0v) is 15.1. The predicted molar refractivity (Wildman–Crippen MR) is 97.9 cm³/mol. The molecule has 3 amide bonds. The Morgan fingerprint density at radius 2 is 1.84 bits per heavy atom. The second-order valence-corrected chi connectivity index (χ2v) is 6.98. The number of hydrogen-bond acceptors (Lipinski definition) is 3. The summed E-state index contributed by atoms with van der Waals surface area (Å²) < 4.78 is 0. The van der Waals surface area contributed by atoms with Gasteiger partial charge in [0.1, 0.15) is 0 Å². The van der Waals surface area contributed by atoms with Gasteiger partial charge in [-0.2, -0.15) is 0 Å². The number of rotatable bonds is 2. The van der Waals surface area contributed by atoms with E-state index >= 15 is 0 Å². The molecule has 6 nitrogen and oxygen atoms in total. The molecule has 1 unspecified atom stereocenters. The van der Waals surface area contributed by atoms with Gasteiger partial charge < -0.3 is 20.4 Å². The molecule has 3 aliphatic heterocycles. The summed E-state index contributed by atoms with van der Waals surface area (Å²) in [5.74, 6) is 0.231. The largest absolute Gasteiger partial charge is 0.338 e. The third-order valence-corrected chi connectivity index (χ3v) is 5.71. The van der Waals surface area contributed by atoms with Crippen LogP contribution in [0.3, 0.4) is 0 Å². The van der Waals surface area contributed by atoms with Crippen LogP contribution in [0.2, 0.25) is 0 Å². The molecule has 136 valence electrons. The van der Waals surface area contributed by atoms with Gasteiger partial charge in [0.15, 0.2) is 0 Å². The number of benzene rings is 1. The highest BCUT2D eigenvalue weighted by Gasteiger charge is 2.46. The lowest BCUT2D eigenvalue weighted by molar-refractivity contribution is -0.140. The van der Waals surface area contributed by atoms with E-state index in [9.17, 15) is 9.59 Å². The van der Waals surface area contributed by atoms with Crippen LogP contribution in [-0.2, 0) is 10.2 Å². The average molecular weight is 365 g/mol. The second-order valence-electron chi connectivity index (χ2n) is 6.98. The van der Waals surface area contributed by atoms with Crippen LogP contribution in [0.5, 0.6) is 0 Å². The summed E-state index contributed by atoms with van der Waals surface area (Å²) in [6.45, 7) is 4.27. The van der Waals surface area contributed by atoms with E-state index in [1.165, 1.54) is 0 Å². The molecule has 0 spiro atoms. The number of amides is 3. The quantitative estimate of drug-likeness (QED) is 0.821. The van der Waals surface area contributed by atoms with Crippen molar-refractivity contribution in [2.75, 3.05) is 39.3 Å². The van der Waals surface area contributed by atoms with E-state index in [2.05, 4.69) is 22.8 Å². The fourth-order valence-corrected chi connectivity index (χ4v) is 4.33. The number of piperidine rings is 1. The Labute approximate surface area is 154 Å². The number of carbonyl (C=O) groups excluding carboxylic acids is 2. The molecule has 1 aromatic rings. The van der Waals surface area contributed by atoms with Crippen molar-refractivity contribution in [1.82, 2.24) is 20.4 Å². The fourth-order valence-electron chi connectivity index (χ4n) is 4.33. The molecule has 1 aromatic carbocycles. The minimum Gasteiger partial charge on any atom is -0.338 e. The molecule has 0 bridgehead atoms. The Hall–Kier alpha value is -1.79. The van der Waals surface area contributed by atoms with Gasteiger partial charge in [-0.15, -0.1) is 12.4 Å². The summed E-state index contributed by atoms with van der Waals surface area (Å²) >= 11 is 0. The maximum Gasteiger partial charge on any atom is 0.317 e. The molecule has 0 saturated carbocycles. The van der Waals surface area contributed by atoms with E-state index in [-0.39, 0.29) is 30.4 Å². The molecular formula is C18H25ClN4O2. The zero-order chi connectivity index (χ0) is 16.6. The normalized spacial score (nSPS) is 25.0. The van der Waals surface area contributed by atoms with Gasteiger partial charge in [-0.05, 0) is 31.5 Å². The van der Waals surface area contributed by atoms with Crippen LogP contribution in [0.4, 0.5) is 4.79 Å². The van der Waals surface area contributed by atoms with Gasteiger partial charge >= 0.3 is 6.03 Å². The van der Waals surface area contributed by atoms with Crippen molar-refractivity contribution in [3.8, 4) is 0 Å². The Bertz CT molecular complexity index is 633. The van der Waals surface area contributed by atoms with Crippen LogP contribution >= 0.6 is 12.4 Å². The first-order valence-corrected chi connectivity index (χ1v) is 8.81. The van der Waals surface area contributed by atoms with Gasteiger partial charge in [0.2, 0.25) is 5.91 Å². The van der Waals surface area contributed by atoms with E-state index in [0.717, 1.165) is 31.5 Å². The predicted octanol–water partition coefficient (Wildman–Crippen LogP) is 0.966. The molecule has 3 aliphatic rings. The third kappa shape index (κ3) is 3.09. The lowest BCUT2D eigenvalue weighted by atomic mass is 9.72. The van der Waals surface area contributed by atoms with Crippen molar-refractivity contribution in [3.63, 3.8) is 0 Å². The number of nitrogens with zero attached hydrogens (tertiary/aromatic N) is 2.